The molecule has 6 heteroatoms. The summed E-state index contributed by atoms with van der Waals surface area (Å²) in [6, 6.07) is 8.96. The molecule has 3 saturated heterocycles. The Balaban J connectivity index is 1.25. The molecule has 2 bridgehead atoms. The van der Waals surface area contributed by atoms with Crippen molar-refractivity contribution in [3.63, 3.8) is 0 Å². The molecule has 0 saturated carbocycles. The number of methoxy groups -OCH3 is 1. The highest BCUT2D eigenvalue weighted by molar-refractivity contribution is 5.82. The van der Waals surface area contributed by atoms with E-state index < -0.39 is 0 Å². The molecule has 3 fully saturated rings. The van der Waals surface area contributed by atoms with E-state index in [-0.39, 0.29) is 11.9 Å². The number of aromatic nitrogens is 2. The van der Waals surface area contributed by atoms with Crippen molar-refractivity contribution in [3.05, 3.63) is 47.2 Å². The van der Waals surface area contributed by atoms with Gasteiger partial charge in [-0.15, -0.1) is 0 Å². The number of hydrogen-bond acceptors (Lipinski definition) is 4. The van der Waals surface area contributed by atoms with Gasteiger partial charge in [0, 0.05) is 36.0 Å². The molecule has 1 aromatic heterocycles. The Hall–Kier alpha value is -2.60. The molecule has 3 aliphatic heterocycles. The Bertz CT molecular complexity index is 1090. The van der Waals surface area contributed by atoms with Gasteiger partial charge in [-0.1, -0.05) is 18.1 Å². The van der Waals surface area contributed by atoms with Crippen LogP contribution < -0.4 is 4.74 Å². The van der Waals surface area contributed by atoms with E-state index in [1.54, 1.807) is 12.7 Å². The topological polar surface area (TPSA) is 61.5 Å². The average molecular weight is 461 g/mol. The van der Waals surface area contributed by atoms with Crippen LogP contribution in [0.4, 0.5) is 0 Å². The third-order valence-electron chi connectivity index (χ3n) is 8.74. The fourth-order valence-corrected chi connectivity index (χ4v) is 7.16. The first kappa shape index (κ1) is 21.9. The number of ether oxygens (including phenoxy) is 1. The Kier molecular flexibility index (Phi) is 5.72. The van der Waals surface area contributed by atoms with E-state index in [9.17, 15) is 4.79 Å². The van der Waals surface area contributed by atoms with Crippen LogP contribution in [0.5, 0.6) is 5.75 Å². The molecule has 4 heterocycles. The summed E-state index contributed by atoms with van der Waals surface area (Å²) >= 11 is 0. The molecule has 0 spiro atoms. The number of hydrogen-bond donors (Lipinski definition) is 1. The van der Waals surface area contributed by atoms with E-state index in [4.69, 9.17) is 4.74 Å². The van der Waals surface area contributed by atoms with E-state index in [1.165, 1.54) is 32.2 Å². The van der Waals surface area contributed by atoms with E-state index in [2.05, 4.69) is 26.1 Å². The number of carbonyl (C=O) groups is 1. The molecule has 6 rings (SSSR count). The lowest BCUT2D eigenvalue weighted by Gasteiger charge is -2.54. The molecular weight excluding hydrogens is 424 g/mol. The zero-order valence-corrected chi connectivity index (χ0v) is 20.4. The highest BCUT2D eigenvalue weighted by atomic mass is 16.5. The molecule has 34 heavy (non-hydrogen) atoms. The van der Waals surface area contributed by atoms with Crippen molar-refractivity contribution in [3.8, 4) is 17.0 Å². The summed E-state index contributed by atoms with van der Waals surface area (Å²) in [5.74, 6) is 2.34. The van der Waals surface area contributed by atoms with Crippen molar-refractivity contribution in [2.75, 3.05) is 26.7 Å². The molecule has 4 atom stereocenters. The van der Waals surface area contributed by atoms with Crippen molar-refractivity contribution < 1.29 is 9.53 Å². The van der Waals surface area contributed by atoms with Gasteiger partial charge in [-0.2, -0.15) is 5.10 Å². The van der Waals surface area contributed by atoms with Gasteiger partial charge in [0.15, 0.2) is 0 Å². The number of aromatic amines is 1. The van der Waals surface area contributed by atoms with Crippen molar-refractivity contribution in [2.24, 2.45) is 11.8 Å². The van der Waals surface area contributed by atoms with E-state index in [0.29, 0.717) is 18.3 Å². The second-order valence-electron chi connectivity index (χ2n) is 10.7. The van der Waals surface area contributed by atoms with Crippen LogP contribution in [0.1, 0.15) is 49.8 Å². The number of H-pyrrole nitrogens is 1. The molecule has 1 aromatic carbocycles. The van der Waals surface area contributed by atoms with Crippen molar-refractivity contribution in [2.45, 2.75) is 64.0 Å². The number of likely N-dealkylation sites (tertiary alicyclic amines) is 1. The normalized spacial score (nSPS) is 28.6. The third-order valence-corrected chi connectivity index (χ3v) is 8.74. The predicted molar refractivity (Wildman–Crippen MR) is 133 cm³/mol. The van der Waals surface area contributed by atoms with Crippen molar-refractivity contribution in [1.82, 2.24) is 20.0 Å². The molecule has 2 unspecified atom stereocenters. The van der Waals surface area contributed by atoms with Crippen LogP contribution in [-0.4, -0.2) is 64.7 Å². The molecule has 1 aliphatic carbocycles. The first-order valence-electron chi connectivity index (χ1n) is 13.0. The molecular formula is C28H36N4O2. The second kappa shape index (κ2) is 8.88. The summed E-state index contributed by atoms with van der Waals surface area (Å²) in [5, 5.41) is 7.69. The maximum Gasteiger partial charge on any atom is 0.227 e. The number of piperidine rings is 3. The Morgan fingerprint density at radius 1 is 1.18 bits per heavy atom. The number of nitrogens with one attached hydrogen (secondary N) is 1. The molecule has 0 radical (unpaired) electrons. The number of fused-ring (bicyclic) bond motifs is 6. The summed E-state index contributed by atoms with van der Waals surface area (Å²) < 4.78 is 5.30. The molecule has 1 amide bonds. The summed E-state index contributed by atoms with van der Waals surface area (Å²) in [6.07, 6.45) is 10.5. The highest BCUT2D eigenvalue weighted by Gasteiger charge is 2.46. The largest absolute Gasteiger partial charge is 0.497 e. The Morgan fingerprint density at radius 2 is 2.03 bits per heavy atom. The highest BCUT2D eigenvalue weighted by Crippen LogP contribution is 2.45. The number of benzene rings is 1. The van der Waals surface area contributed by atoms with Crippen LogP contribution in [-0.2, 0) is 11.2 Å². The lowest BCUT2D eigenvalue weighted by Crippen LogP contribution is -2.60. The molecule has 1 N–H and O–H groups in total. The maximum atomic E-state index is 13.8. The van der Waals surface area contributed by atoms with Crippen LogP contribution in [0.3, 0.4) is 0 Å². The minimum atomic E-state index is 0.245. The van der Waals surface area contributed by atoms with Gasteiger partial charge in [-0.25, -0.2) is 0 Å². The van der Waals surface area contributed by atoms with Crippen LogP contribution in [0.25, 0.3) is 11.3 Å². The first-order chi connectivity index (χ1) is 16.6. The van der Waals surface area contributed by atoms with Gasteiger partial charge in [0.2, 0.25) is 5.91 Å². The van der Waals surface area contributed by atoms with E-state index in [1.807, 2.05) is 31.2 Å². The van der Waals surface area contributed by atoms with Crippen LogP contribution >= 0.6 is 0 Å². The van der Waals surface area contributed by atoms with Crippen molar-refractivity contribution in [1.29, 1.82) is 0 Å². The van der Waals surface area contributed by atoms with Crippen LogP contribution in [0.15, 0.2) is 35.9 Å². The van der Waals surface area contributed by atoms with E-state index in [0.717, 1.165) is 60.2 Å². The summed E-state index contributed by atoms with van der Waals surface area (Å²) in [5.41, 5.74) is 5.42. The number of nitrogens with zero attached hydrogens (tertiary/aromatic N) is 3. The van der Waals surface area contributed by atoms with Gasteiger partial charge in [0.1, 0.15) is 5.75 Å². The second-order valence-corrected chi connectivity index (χ2v) is 10.7. The molecule has 2 aromatic rings. The smallest absolute Gasteiger partial charge is 0.227 e. The fourth-order valence-electron chi connectivity index (χ4n) is 7.16. The van der Waals surface area contributed by atoms with Crippen LogP contribution in [0, 0.1) is 18.8 Å². The molecule has 180 valence electrons. The maximum absolute atomic E-state index is 13.8. The molecule has 6 nitrogen and oxygen atoms in total. The minimum absolute atomic E-state index is 0.245. The zero-order chi connectivity index (χ0) is 23.2. The first-order valence-corrected chi connectivity index (χ1v) is 13.0. The Labute approximate surface area is 202 Å². The molecule has 4 aliphatic rings. The number of rotatable bonds is 4. The van der Waals surface area contributed by atoms with Gasteiger partial charge >= 0.3 is 0 Å². The predicted octanol–water partition coefficient (Wildman–Crippen LogP) is 4.36. The summed E-state index contributed by atoms with van der Waals surface area (Å²) in [6.45, 7) is 5.29. The Morgan fingerprint density at radius 3 is 2.85 bits per heavy atom. The van der Waals surface area contributed by atoms with Gasteiger partial charge < -0.3 is 9.64 Å². The lowest BCUT2D eigenvalue weighted by atomic mass is 9.68. The van der Waals surface area contributed by atoms with Gasteiger partial charge in [-0.3, -0.25) is 14.8 Å². The van der Waals surface area contributed by atoms with E-state index >= 15 is 0 Å². The van der Waals surface area contributed by atoms with Gasteiger partial charge in [0.05, 0.1) is 25.3 Å². The SMILES string of the molecule is COc1ccc(-c2n[nH]c(C)c2CC(=O)N2CCCC3=CC4CC(CN5CCCC[C@H]45)[C@@H]32)cc1. The number of amides is 1. The van der Waals surface area contributed by atoms with Crippen molar-refractivity contribution >= 4 is 5.91 Å². The zero-order valence-electron chi connectivity index (χ0n) is 20.4. The summed E-state index contributed by atoms with van der Waals surface area (Å²) in [7, 11) is 1.67. The van der Waals surface area contributed by atoms with Gasteiger partial charge in [-0.05, 0) is 81.7 Å². The number of carbonyl (C=O) groups excluding carboxylic acids is 1. The summed E-state index contributed by atoms with van der Waals surface area (Å²) in [4.78, 5) is 18.8. The standard InChI is InChI=1S/C28H36N4O2/c1-18-24(27(30-29-18)19-8-10-23(34-2)11-9-19)16-26(33)32-13-5-6-20-14-21-15-22(28(20)32)17-31-12-4-3-7-25(21)31/h8-11,14,21-22,25,28H,3-7,12-13,15-17H2,1-2H3,(H,29,30)/t21?,22?,25-,28-/m1/s1. The third kappa shape index (κ3) is 3.76. The minimum Gasteiger partial charge on any atom is -0.497 e. The fraction of sp³-hybridized carbons (Fsp3) is 0.571. The average Bonchev–Trinajstić information content (AvgIpc) is 3.23. The number of aryl methyl sites for hydroxylation is 1. The van der Waals surface area contributed by atoms with Crippen LogP contribution in [0.2, 0.25) is 0 Å². The van der Waals surface area contributed by atoms with Gasteiger partial charge in [0.25, 0.3) is 0 Å². The monoisotopic (exact) mass is 460 g/mol. The quantitative estimate of drug-likeness (QED) is 0.689. The lowest BCUT2D eigenvalue weighted by molar-refractivity contribution is -0.135.